The van der Waals surface area contributed by atoms with Crippen molar-refractivity contribution >= 4 is 28.8 Å². The van der Waals surface area contributed by atoms with Gasteiger partial charge in [0.2, 0.25) is 5.88 Å². The third-order valence-corrected chi connectivity index (χ3v) is 6.97. The second-order valence-electron chi connectivity index (χ2n) is 9.45. The summed E-state index contributed by atoms with van der Waals surface area (Å²) < 4.78 is 13.5. The van der Waals surface area contributed by atoms with Crippen LogP contribution in [0.5, 0.6) is 5.88 Å². The van der Waals surface area contributed by atoms with Gasteiger partial charge in [0.05, 0.1) is 30.0 Å². The molecule has 0 saturated heterocycles. The number of nitrogens with zero attached hydrogens (tertiary/aromatic N) is 4. The molecule has 0 aliphatic carbocycles. The molecule has 0 atom stereocenters. The number of aromatic nitrogens is 4. The average molecular weight is 485 g/mol. The Bertz CT molecular complexity index is 1150. The van der Waals surface area contributed by atoms with Crippen LogP contribution in [0.1, 0.15) is 66.6 Å². The number of pyridine rings is 2. The molecule has 0 amide bonds. The highest BCUT2D eigenvalue weighted by molar-refractivity contribution is 7.99. The summed E-state index contributed by atoms with van der Waals surface area (Å²) in [5.74, 6) is 1.21. The van der Waals surface area contributed by atoms with Gasteiger partial charge in [-0.2, -0.15) is 5.10 Å². The van der Waals surface area contributed by atoms with Crippen LogP contribution in [-0.2, 0) is 9.53 Å². The van der Waals surface area contributed by atoms with Crippen molar-refractivity contribution in [1.82, 2.24) is 19.7 Å². The molecule has 0 bridgehead atoms. The van der Waals surface area contributed by atoms with Crippen molar-refractivity contribution in [2.45, 2.75) is 78.3 Å². The van der Waals surface area contributed by atoms with E-state index in [1.165, 1.54) is 0 Å². The first-order valence-electron chi connectivity index (χ1n) is 11.9. The zero-order chi connectivity index (χ0) is 25.0. The summed E-state index contributed by atoms with van der Waals surface area (Å²) in [5, 5.41) is 4.76. The number of esters is 1. The highest BCUT2D eigenvalue weighted by Crippen LogP contribution is 2.36. The number of aryl methyl sites for hydroxylation is 1. The van der Waals surface area contributed by atoms with E-state index in [0.29, 0.717) is 24.7 Å². The summed E-state index contributed by atoms with van der Waals surface area (Å²) in [4.78, 5) is 22.9. The first kappa shape index (κ1) is 26.0. The second kappa shape index (κ2) is 10.8. The Morgan fingerprint density at radius 1 is 1.24 bits per heavy atom. The Kier molecular flexibility index (Phi) is 8.23. The number of carbonyl (C=O) groups is 1. The van der Waals surface area contributed by atoms with Gasteiger partial charge < -0.3 is 9.47 Å². The van der Waals surface area contributed by atoms with E-state index < -0.39 is 5.60 Å². The van der Waals surface area contributed by atoms with Crippen molar-refractivity contribution in [1.29, 1.82) is 0 Å². The summed E-state index contributed by atoms with van der Waals surface area (Å²) in [6.07, 6.45) is 2.04. The second-order valence-corrected chi connectivity index (χ2v) is 10.6. The molecule has 3 rings (SSSR count). The van der Waals surface area contributed by atoms with E-state index >= 15 is 0 Å². The summed E-state index contributed by atoms with van der Waals surface area (Å²) in [5.41, 5.74) is 3.83. The van der Waals surface area contributed by atoms with Crippen molar-refractivity contribution < 1.29 is 14.3 Å². The maximum atomic E-state index is 12.5. The predicted octanol–water partition coefficient (Wildman–Crippen LogP) is 6.24. The van der Waals surface area contributed by atoms with Gasteiger partial charge >= 0.3 is 5.97 Å². The van der Waals surface area contributed by atoms with Gasteiger partial charge in [-0.15, -0.1) is 11.8 Å². The van der Waals surface area contributed by atoms with E-state index in [-0.39, 0.29) is 17.9 Å². The van der Waals surface area contributed by atoms with Crippen molar-refractivity contribution in [2.24, 2.45) is 5.92 Å². The molecule has 7 nitrogen and oxygen atoms in total. The third-order valence-electron chi connectivity index (χ3n) is 5.94. The molecule has 34 heavy (non-hydrogen) atoms. The van der Waals surface area contributed by atoms with Gasteiger partial charge in [0.1, 0.15) is 16.6 Å². The van der Waals surface area contributed by atoms with Gasteiger partial charge in [-0.25, -0.2) is 9.97 Å². The molecule has 0 radical (unpaired) electrons. The van der Waals surface area contributed by atoms with Crippen molar-refractivity contribution in [2.75, 3.05) is 12.4 Å². The zero-order valence-corrected chi connectivity index (χ0v) is 22.3. The molecule has 8 heteroatoms. The Morgan fingerprint density at radius 3 is 2.62 bits per heavy atom. The molecule has 3 aromatic heterocycles. The normalized spacial score (nSPS) is 12.1. The number of hydrogen-bond donors (Lipinski definition) is 0. The summed E-state index contributed by atoms with van der Waals surface area (Å²) in [6, 6.07) is 6.08. The Labute approximate surface area is 206 Å². The molecule has 3 heterocycles. The van der Waals surface area contributed by atoms with E-state index in [0.717, 1.165) is 32.9 Å². The van der Waals surface area contributed by atoms with Crippen LogP contribution in [-0.4, -0.2) is 43.7 Å². The van der Waals surface area contributed by atoms with Crippen LogP contribution in [0.2, 0.25) is 0 Å². The number of ether oxygens (including phenoxy) is 2. The van der Waals surface area contributed by atoms with Gasteiger partial charge in [-0.1, -0.05) is 13.8 Å². The lowest BCUT2D eigenvalue weighted by molar-refractivity contribution is -0.159. The number of fused-ring (bicyclic) bond motifs is 1. The predicted molar refractivity (Wildman–Crippen MR) is 137 cm³/mol. The van der Waals surface area contributed by atoms with E-state index in [4.69, 9.17) is 19.6 Å². The zero-order valence-electron chi connectivity index (χ0n) is 21.5. The standard InChI is InChI=1S/C26H36N4O3S/c1-9-32-25-19(11-10-13-27-25)20-15-21(24-23(28-20)18(6)29-30(24)17(4)5)34-14-12-22(31)33-26(7,8)16(2)3/h10-11,13,15-17H,9,12,14H2,1-8H3. The summed E-state index contributed by atoms with van der Waals surface area (Å²) in [7, 11) is 0. The molecule has 0 aliphatic rings. The molecule has 184 valence electrons. The maximum absolute atomic E-state index is 12.5. The SMILES string of the molecule is CCOc1ncccc1-c1cc(SCCC(=O)OC(C)(C)C(C)C)c2c(n1)c(C)nn2C(C)C. The molecule has 0 unspecified atom stereocenters. The summed E-state index contributed by atoms with van der Waals surface area (Å²) in [6.45, 7) is 16.7. The smallest absolute Gasteiger partial charge is 0.307 e. The molecular formula is C26H36N4O3S. The largest absolute Gasteiger partial charge is 0.477 e. The lowest BCUT2D eigenvalue weighted by atomic mass is 9.95. The fraction of sp³-hybridized carbons (Fsp3) is 0.538. The highest BCUT2D eigenvalue weighted by atomic mass is 32.2. The molecule has 3 aromatic rings. The first-order valence-corrected chi connectivity index (χ1v) is 12.9. The molecular weight excluding hydrogens is 448 g/mol. The molecule has 0 spiro atoms. The Balaban J connectivity index is 1.97. The minimum Gasteiger partial charge on any atom is -0.477 e. The lowest BCUT2D eigenvalue weighted by Crippen LogP contribution is -2.33. The Morgan fingerprint density at radius 2 is 1.97 bits per heavy atom. The van der Waals surface area contributed by atoms with Crippen LogP contribution < -0.4 is 4.74 Å². The fourth-order valence-corrected chi connectivity index (χ4v) is 4.42. The number of thioether (sulfide) groups is 1. The lowest BCUT2D eigenvalue weighted by Gasteiger charge is -2.29. The van der Waals surface area contributed by atoms with Gasteiger partial charge in [0, 0.05) is 22.9 Å². The van der Waals surface area contributed by atoms with Gasteiger partial charge in [0.15, 0.2) is 0 Å². The molecule has 0 aromatic carbocycles. The van der Waals surface area contributed by atoms with Gasteiger partial charge in [0.25, 0.3) is 0 Å². The van der Waals surface area contributed by atoms with Crippen LogP contribution >= 0.6 is 11.8 Å². The highest BCUT2D eigenvalue weighted by Gasteiger charge is 2.27. The minimum absolute atomic E-state index is 0.178. The minimum atomic E-state index is -0.484. The number of hydrogen-bond acceptors (Lipinski definition) is 7. The maximum Gasteiger partial charge on any atom is 0.307 e. The van der Waals surface area contributed by atoms with Crippen molar-refractivity contribution in [3.63, 3.8) is 0 Å². The van der Waals surface area contributed by atoms with Crippen LogP contribution in [0.15, 0.2) is 29.3 Å². The summed E-state index contributed by atoms with van der Waals surface area (Å²) >= 11 is 1.62. The van der Waals surface area contributed by atoms with Crippen LogP contribution in [0.4, 0.5) is 0 Å². The van der Waals surface area contributed by atoms with Gasteiger partial charge in [-0.3, -0.25) is 9.48 Å². The monoisotopic (exact) mass is 484 g/mol. The molecule has 0 N–H and O–H groups in total. The van der Waals surface area contributed by atoms with Crippen LogP contribution in [0, 0.1) is 12.8 Å². The molecule has 0 saturated carbocycles. The fourth-order valence-electron chi connectivity index (χ4n) is 3.41. The third kappa shape index (κ3) is 5.71. The van der Waals surface area contributed by atoms with Crippen molar-refractivity contribution in [3.05, 3.63) is 30.1 Å². The first-order chi connectivity index (χ1) is 16.0. The van der Waals surface area contributed by atoms with Gasteiger partial charge in [-0.05, 0) is 65.7 Å². The quantitative estimate of drug-likeness (QED) is 0.249. The van der Waals surface area contributed by atoms with E-state index in [1.54, 1.807) is 18.0 Å². The van der Waals surface area contributed by atoms with E-state index in [1.807, 2.05) is 44.5 Å². The van der Waals surface area contributed by atoms with Crippen molar-refractivity contribution in [3.8, 4) is 17.1 Å². The Hall–Kier alpha value is -2.61. The van der Waals surface area contributed by atoms with Crippen LogP contribution in [0.25, 0.3) is 22.3 Å². The van der Waals surface area contributed by atoms with E-state index in [2.05, 4.69) is 38.7 Å². The molecule has 0 fully saturated rings. The molecule has 0 aliphatic heterocycles. The average Bonchev–Trinajstić information content (AvgIpc) is 3.11. The van der Waals surface area contributed by atoms with Crippen LogP contribution in [0.3, 0.4) is 0 Å². The topological polar surface area (TPSA) is 79.1 Å². The number of carbonyl (C=O) groups excluding carboxylic acids is 1. The number of rotatable bonds is 10. The van der Waals surface area contributed by atoms with E-state index in [9.17, 15) is 4.79 Å².